The first kappa shape index (κ1) is 21.7. The fourth-order valence-corrected chi connectivity index (χ4v) is 5.93. The van der Waals surface area contributed by atoms with Crippen molar-refractivity contribution in [3.05, 3.63) is 93.7 Å². The van der Waals surface area contributed by atoms with Gasteiger partial charge in [-0.1, -0.05) is 43.3 Å². The normalized spacial score (nSPS) is 14.2. The maximum absolute atomic E-state index is 4.91. The van der Waals surface area contributed by atoms with Crippen LogP contribution in [0.4, 0.5) is 0 Å². The molecule has 0 bridgehead atoms. The van der Waals surface area contributed by atoms with E-state index in [0.717, 1.165) is 47.0 Å². The van der Waals surface area contributed by atoms with Gasteiger partial charge in [0, 0.05) is 22.8 Å². The molecule has 0 saturated carbocycles. The van der Waals surface area contributed by atoms with Crippen LogP contribution in [0, 0.1) is 13.8 Å². The lowest BCUT2D eigenvalue weighted by molar-refractivity contribution is 0.744. The Kier molecular flexibility index (Phi) is 5.45. The molecule has 0 spiro atoms. The largest absolute Gasteiger partial charge is 0.308 e. The van der Waals surface area contributed by atoms with Crippen LogP contribution in [-0.2, 0) is 18.7 Å². The van der Waals surface area contributed by atoms with Gasteiger partial charge in [-0.3, -0.25) is 0 Å². The number of benzene rings is 2. The van der Waals surface area contributed by atoms with Crippen LogP contribution in [0.15, 0.2) is 53.4 Å². The molecule has 5 aromatic rings. The molecule has 0 amide bonds. The van der Waals surface area contributed by atoms with Crippen LogP contribution in [0.25, 0.3) is 22.8 Å². The number of aromatic amines is 1. The van der Waals surface area contributed by atoms with Gasteiger partial charge in [0.2, 0.25) is 0 Å². The molecule has 3 aromatic heterocycles. The molecular weight excluding hydrogens is 454 g/mol. The zero-order valence-corrected chi connectivity index (χ0v) is 20.7. The van der Waals surface area contributed by atoms with Crippen LogP contribution in [0.1, 0.15) is 52.1 Å². The minimum Gasteiger partial charge on any atom is -0.308 e. The Balaban J connectivity index is 1.45. The number of nitrogens with zero attached hydrogens (tertiary/aromatic N) is 6. The quantitative estimate of drug-likeness (QED) is 0.373. The van der Waals surface area contributed by atoms with E-state index >= 15 is 0 Å². The molecule has 0 unspecified atom stereocenters. The summed E-state index contributed by atoms with van der Waals surface area (Å²) in [5.41, 5.74) is 10.2. The van der Waals surface area contributed by atoms with E-state index < -0.39 is 0 Å². The molecular formula is C27H25N7S. The first-order valence-electron chi connectivity index (χ1n) is 11.7. The molecule has 35 heavy (non-hydrogen) atoms. The van der Waals surface area contributed by atoms with E-state index in [2.05, 4.69) is 87.6 Å². The molecule has 6 rings (SSSR count). The van der Waals surface area contributed by atoms with E-state index in [-0.39, 0.29) is 0 Å². The van der Waals surface area contributed by atoms with E-state index in [9.17, 15) is 0 Å². The Morgan fingerprint density at radius 3 is 2.77 bits per heavy atom. The lowest BCUT2D eigenvalue weighted by atomic mass is 9.93. The second-order valence-corrected chi connectivity index (χ2v) is 9.84. The minimum atomic E-state index is 0.575. The van der Waals surface area contributed by atoms with Crippen LogP contribution < -0.4 is 0 Å². The van der Waals surface area contributed by atoms with Gasteiger partial charge in [0.05, 0.1) is 6.54 Å². The second-order valence-electron chi connectivity index (χ2n) is 8.82. The Hall–Kier alpha value is -3.78. The van der Waals surface area contributed by atoms with Gasteiger partial charge < -0.3 is 4.57 Å². The maximum Gasteiger partial charge on any atom is 0.198 e. The molecule has 2 aromatic carbocycles. The number of aryl methyl sites for hydroxylation is 3. The highest BCUT2D eigenvalue weighted by molar-refractivity contribution is 7.98. The number of nitrogens with one attached hydrogen (secondary N) is 1. The van der Waals surface area contributed by atoms with Gasteiger partial charge in [-0.15, -0.1) is 22.0 Å². The third kappa shape index (κ3) is 3.93. The van der Waals surface area contributed by atoms with E-state index in [1.807, 2.05) is 24.8 Å². The molecule has 4 heterocycles. The molecule has 7 nitrogen and oxygen atoms in total. The zero-order valence-electron chi connectivity index (χ0n) is 19.9. The van der Waals surface area contributed by atoms with Crippen LogP contribution in [-0.4, -0.2) is 35.2 Å². The first-order chi connectivity index (χ1) is 17.1. The van der Waals surface area contributed by atoms with Gasteiger partial charge >= 0.3 is 0 Å². The third-order valence-corrected chi connectivity index (χ3v) is 7.52. The van der Waals surface area contributed by atoms with Gasteiger partial charge in [-0.2, -0.15) is 5.21 Å². The molecule has 1 aliphatic heterocycles. The summed E-state index contributed by atoms with van der Waals surface area (Å²) in [4.78, 5) is 11.0. The second kappa shape index (κ2) is 8.78. The Morgan fingerprint density at radius 1 is 1.06 bits per heavy atom. The van der Waals surface area contributed by atoms with Crippen molar-refractivity contribution in [1.82, 2.24) is 35.2 Å². The molecule has 0 aliphatic carbocycles. The van der Waals surface area contributed by atoms with Crippen molar-refractivity contribution in [2.24, 2.45) is 0 Å². The number of hydrogen-bond acceptors (Lipinski definition) is 6. The highest BCUT2D eigenvalue weighted by Crippen LogP contribution is 2.41. The lowest BCUT2D eigenvalue weighted by Crippen LogP contribution is -2.06. The van der Waals surface area contributed by atoms with Crippen LogP contribution >= 0.6 is 11.8 Å². The maximum atomic E-state index is 4.91. The Morgan fingerprint density at radius 2 is 1.94 bits per heavy atom. The number of thioether (sulfide) groups is 1. The number of rotatable bonds is 4. The number of imidazole rings is 1. The molecule has 0 saturated heterocycles. The molecule has 1 aliphatic rings. The molecule has 174 valence electrons. The summed E-state index contributed by atoms with van der Waals surface area (Å²) in [5.74, 6) is 2.55. The fraction of sp³-hybridized carbons (Fsp3) is 0.222. The third-order valence-electron chi connectivity index (χ3n) is 6.42. The summed E-state index contributed by atoms with van der Waals surface area (Å²) < 4.78 is 2.27. The number of aromatic nitrogens is 7. The summed E-state index contributed by atoms with van der Waals surface area (Å²) in [6.07, 6.45) is 2.88. The lowest BCUT2D eigenvalue weighted by Gasteiger charge is -2.13. The number of fused-ring (bicyclic) bond motifs is 3. The van der Waals surface area contributed by atoms with E-state index in [4.69, 9.17) is 9.97 Å². The van der Waals surface area contributed by atoms with Crippen molar-refractivity contribution in [2.75, 3.05) is 0 Å². The highest BCUT2D eigenvalue weighted by atomic mass is 32.2. The average molecular weight is 480 g/mol. The van der Waals surface area contributed by atoms with E-state index in [0.29, 0.717) is 5.82 Å². The smallest absolute Gasteiger partial charge is 0.198 e. The molecule has 0 radical (unpaired) electrons. The number of H-pyrrole nitrogens is 1. The van der Waals surface area contributed by atoms with E-state index in [1.54, 1.807) is 0 Å². The van der Waals surface area contributed by atoms with Crippen LogP contribution in [0.5, 0.6) is 0 Å². The topological polar surface area (TPSA) is 85.2 Å². The van der Waals surface area contributed by atoms with E-state index in [1.165, 1.54) is 32.7 Å². The molecule has 0 fully saturated rings. The Bertz CT molecular complexity index is 1580. The minimum absolute atomic E-state index is 0.575. The van der Waals surface area contributed by atoms with Crippen molar-refractivity contribution in [1.29, 1.82) is 0 Å². The number of hydrogen-bond donors (Lipinski definition) is 1. The van der Waals surface area contributed by atoms with Gasteiger partial charge in [-0.25, -0.2) is 9.97 Å². The summed E-state index contributed by atoms with van der Waals surface area (Å²) in [5, 5.41) is 14.6. The zero-order chi connectivity index (χ0) is 23.9. The summed E-state index contributed by atoms with van der Waals surface area (Å²) in [6, 6.07) is 17.4. The predicted molar refractivity (Wildman–Crippen MR) is 139 cm³/mol. The van der Waals surface area contributed by atoms with Gasteiger partial charge in [0.15, 0.2) is 11.5 Å². The van der Waals surface area contributed by atoms with Crippen molar-refractivity contribution in [3.63, 3.8) is 0 Å². The van der Waals surface area contributed by atoms with Crippen molar-refractivity contribution < 1.29 is 0 Å². The van der Waals surface area contributed by atoms with Crippen LogP contribution in [0.2, 0.25) is 0 Å². The molecule has 1 N–H and O–H groups in total. The first-order valence-corrected chi connectivity index (χ1v) is 12.7. The fourth-order valence-electron chi connectivity index (χ4n) is 4.80. The van der Waals surface area contributed by atoms with Crippen molar-refractivity contribution in [2.45, 2.75) is 44.4 Å². The summed E-state index contributed by atoms with van der Waals surface area (Å²) >= 11 is 1.87. The molecule has 8 heteroatoms. The summed E-state index contributed by atoms with van der Waals surface area (Å²) in [7, 11) is 0. The Labute approximate surface area is 207 Å². The monoisotopic (exact) mass is 479 g/mol. The van der Waals surface area contributed by atoms with Gasteiger partial charge in [-0.05, 0) is 70.7 Å². The molecule has 0 atom stereocenters. The van der Waals surface area contributed by atoms with Crippen molar-refractivity contribution in [3.8, 4) is 0 Å². The van der Waals surface area contributed by atoms with Crippen LogP contribution in [0.3, 0.4) is 0 Å². The predicted octanol–water partition coefficient (Wildman–Crippen LogP) is 5.37. The summed E-state index contributed by atoms with van der Waals surface area (Å²) in [6.45, 7) is 7.05. The van der Waals surface area contributed by atoms with Gasteiger partial charge in [0.1, 0.15) is 11.3 Å². The standard InChI is InChI=1S/C27H25N7S/c1-4-25-29-26-16(2)11-17(3)28-27(26)34(25)14-18-9-10-21-22(13-24-30-32-33-31-24)20-8-6-5-7-19(20)15-35-23(21)12-18/h5-13H,4,14-15H2,1-3H3,(H,30,31,32,33)/b22-13-. The highest BCUT2D eigenvalue weighted by Gasteiger charge is 2.20. The van der Waals surface area contributed by atoms with Gasteiger partial charge in [0.25, 0.3) is 0 Å². The SMILES string of the molecule is CCc1nc2c(C)cc(C)nc2n1Cc1ccc2c(c1)SCc1ccccc1/C2=C/c1nn[nH]n1. The average Bonchev–Trinajstić information content (AvgIpc) is 3.46. The van der Waals surface area contributed by atoms with Crippen molar-refractivity contribution >= 4 is 34.6 Å². The number of tetrazole rings is 1. The number of pyridine rings is 1.